The lowest BCUT2D eigenvalue weighted by Gasteiger charge is -2.02. The van der Waals surface area contributed by atoms with Gasteiger partial charge in [0.1, 0.15) is 12.3 Å². The van der Waals surface area contributed by atoms with Crippen molar-refractivity contribution in [3.63, 3.8) is 0 Å². The Labute approximate surface area is 159 Å². The van der Waals surface area contributed by atoms with E-state index in [0.29, 0.717) is 23.6 Å². The van der Waals surface area contributed by atoms with E-state index in [1.807, 2.05) is 18.2 Å². The predicted octanol–water partition coefficient (Wildman–Crippen LogP) is 5.00. The number of fused-ring (bicyclic) bond motifs is 1. The van der Waals surface area contributed by atoms with Gasteiger partial charge in [0.05, 0.1) is 21.5 Å². The largest absolute Gasteiger partial charge is 0.461 e. The van der Waals surface area contributed by atoms with Crippen molar-refractivity contribution in [3.05, 3.63) is 59.4 Å². The summed E-state index contributed by atoms with van der Waals surface area (Å²) in [7, 11) is 0. The molecule has 138 valence electrons. The molecule has 0 unspecified atom stereocenters. The Hall–Kier alpha value is -2.93. The van der Waals surface area contributed by atoms with E-state index < -0.39 is 0 Å². The predicted molar refractivity (Wildman–Crippen MR) is 101 cm³/mol. The van der Waals surface area contributed by atoms with Crippen LogP contribution in [0.5, 0.6) is 0 Å². The Balaban J connectivity index is 1.18. The molecule has 4 rings (SSSR count). The molecule has 27 heavy (non-hydrogen) atoms. The molecule has 3 heterocycles. The first kappa shape index (κ1) is 17.5. The second-order valence-electron chi connectivity index (χ2n) is 6.10. The van der Waals surface area contributed by atoms with Crippen LogP contribution < -0.4 is 0 Å². The van der Waals surface area contributed by atoms with Crippen LogP contribution in [0.4, 0.5) is 0 Å². The summed E-state index contributed by atoms with van der Waals surface area (Å²) < 4.78 is 16.9. The summed E-state index contributed by atoms with van der Waals surface area (Å²) in [5, 5.41) is 4.99. The number of thiazole rings is 1. The van der Waals surface area contributed by atoms with E-state index >= 15 is 0 Å². The fourth-order valence-corrected chi connectivity index (χ4v) is 3.72. The minimum atomic E-state index is -0.234. The van der Waals surface area contributed by atoms with Crippen LogP contribution in [0.15, 0.2) is 57.7 Å². The van der Waals surface area contributed by atoms with Crippen molar-refractivity contribution < 1.29 is 18.5 Å². The Kier molecular flexibility index (Phi) is 5.29. The molecule has 0 spiro atoms. The standard InChI is InChI=1S/C20H18N2O4S/c23-20(25-13-14-12-17(26-22-14)16-7-5-11-24-16)10-4-3-9-19-21-15-6-1-2-8-18(15)27-19/h1-2,5-8,11-12H,3-4,9-10,13H2. The monoisotopic (exact) mass is 382 g/mol. The van der Waals surface area contributed by atoms with Gasteiger partial charge in [-0.05, 0) is 43.5 Å². The molecular weight excluding hydrogens is 364 g/mol. The van der Waals surface area contributed by atoms with E-state index in [2.05, 4.69) is 16.2 Å². The molecule has 0 aliphatic rings. The van der Waals surface area contributed by atoms with E-state index in [4.69, 9.17) is 13.7 Å². The first-order chi connectivity index (χ1) is 13.3. The van der Waals surface area contributed by atoms with E-state index in [1.54, 1.807) is 35.8 Å². The van der Waals surface area contributed by atoms with Crippen LogP contribution in [0.2, 0.25) is 0 Å². The average molecular weight is 382 g/mol. The SMILES string of the molecule is O=C(CCCCc1nc2ccccc2s1)OCc1cc(-c2ccco2)on1. The van der Waals surface area contributed by atoms with Gasteiger partial charge in [-0.25, -0.2) is 4.98 Å². The van der Waals surface area contributed by atoms with Crippen molar-refractivity contribution >= 4 is 27.5 Å². The van der Waals surface area contributed by atoms with Crippen molar-refractivity contribution in [1.82, 2.24) is 10.1 Å². The lowest BCUT2D eigenvalue weighted by Crippen LogP contribution is -2.04. The summed E-state index contributed by atoms with van der Waals surface area (Å²) in [4.78, 5) is 16.5. The number of esters is 1. The second-order valence-corrected chi connectivity index (χ2v) is 7.22. The van der Waals surface area contributed by atoms with Crippen LogP contribution in [0, 0.1) is 0 Å². The summed E-state index contributed by atoms with van der Waals surface area (Å²) in [6.45, 7) is 0.0981. The number of nitrogens with zero attached hydrogens (tertiary/aromatic N) is 2. The third-order valence-electron chi connectivity index (χ3n) is 4.06. The highest BCUT2D eigenvalue weighted by molar-refractivity contribution is 7.18. The molecule has 3 aromatic heterocycles. The number of furan rings is 1. The molecule has 6 nitrogen and oxygen atoms in total. The van der Waals surface area contributed by atoms with Gasteiger partial charge in [-0.2, -0.15) is 0 Å². The maximum absolute atomic E-state index is 11.9. The van der Waals surface area contributed by atoms with Crippen molar-refractivity contribution in [3.8, 4) is 11.5 Å². The minimum Gasteiger partial charge on any atom is -0.461 e. The summed E-state index contributed by atoms with van der Waals surface area (Å²) in [5.74, 6) is 0.874. The van der Waals surface area contributed by atoms with Crippen LogP contribution in [0.3, 0.4) is 0 Å². The van der Waals surface area contributed by atoms with Gasteiger partial charge in [-0.15, -0.1) is 11.3 Å². The molecule has 0 bridgehead atoms. The number of unbranched alkanes of at least 4 members (excludes halogenated alkanes) is 1. The van der Waals surface area contributed by atoms with Gasteiger partial charge >= 0.3 is 5.97 Å². The number of carbonyl (C=O) groups is 1. The molecule has 0 amide bonds. The Morgan fingerprint density at radius 1 is 1.11 bits per heavy atom. The molecule has 4 aromatic rings. The van der Waals surface area contributed by atoms with E-state index in [1.165, 1.54) is 4.70 Å². The van der Waals surface area contributed by atoms with Gasteiger partial charge in [0.15, 0.2) is 5.76 Å². The maximum atomic E-state index is 11.9. The second kappa shape index (κ2) is 8.18. The number of hydrogen-bond acceptors (Lipinski definition) is 7. The molecule has 1 aromatic carbocycles. The molecule has 0 N–H and O–H groups in total. The lowest BCUT2D eigenvalue weighted by atomic mass is 10.2. The minimum absolute atomic E-state index is 0.0981. The normalized spacial score (nSPS) is 11.1. The number of para-hydroxylation sites is 1. The highest BCUT2D eigenvalue weighted by Gasteiger charge is 2.11. The fraction of sp³-hybridized carbons (Fsp3) is 0.250. The van der Waals surface area contributed by atoms with Crippen molar-refractivity contribution in [2.45, 2.75) is 32.3 Å². The number of aryl methyl sites for hydroxylation is 1. The van der Waals surface area contributed by atoms with Gasteiger partial charge in [0, 0.05) is 12.5 Å². The Morgan fingerprint density at radius 3 is 2.89 bits per heavy atom. The topological polar surface area (TPSA) is 78.4 Å². The first-order valence-electron chi connectivity index (χ1n) is 8.77. The quantitative estimate of drug-likeness (QED) is 0.315. The average Bonchev–Trinajstić information content (AvgIpc) is 3.43. The van der Waals surface area contributed by atoms with Crippen LogP contribution in [0.25, 0.3) is 21.7 Å². The van der Waals surface area contributed by atoms with Crippen molar-refractivity contribution in [2.24, 2.45) is 0 Å². The van der Waals surface area contributed by atoms with Gasteiger partial charge in [-0.3, -0.25) is 4.79 Å². The molecule has 7 heteroatoms. The van der Waals surface area contributed by atoms with Crippen LogP contribution in [-0.2, 0) is 22.6 Å². The zero-order chi connectivity index (χ0) is 18.5. The van der Waals surface area contributed by atoms with Gasteiger partial charge in [0.2, 0.25) is 5.76 Å². The molecule has 0 fully saturated rings. The number of ether oxygens (including phenoxy) is 1. The zero-order valence-corrected chi connectivity index (χ0v) is 15.4. The van der Waals surface area contributed by atoms with E-state index in [9.17, 15) is 4.79 Å². The fourth-order valence-electron chi connectivity index (χ4n) is 2.71. The third kappa shape index (κ3) is 4.43. The zero-order valence-electron chi connectivity index (χ0n) is 14.6. The number of aromatic nitrogens is 2. The smallest absolute Gasteiger partial charge is 0.306 e. The van der Waals surface area contributed by atoms with Gasteiger partial charge in [-0.1, -0.05) is 17.3 Å². The van der Waals surface area contributed by atoms with Crippen LogP contribution >= 0.6 is 11.3 Å². The Morgan fingerprint density at radius 2 is 2.04 bits per heavy atom. The third-order valence-corrected chi connectivity index (χ3v) is 5.16. The van der Waals surface area contributed by atoms with Crippen LogP contribution in [-0.4, -0.2) is 16.1 Å². The lowest BCUT2D eigenvalue weighted by molar-refractivity contribution is -0.145. The van der Waals surface area contributed by atoms with Crippen molar-refractivity contribution in [1.29, 1.82) is 0 Å². The number of rotatable bonds is 8. The first-order valence-corrected chi connectivity index (χ1v) is 9.59. The summed E-state index contributed by atoms with van der Waals surface area (Å²) in [5.41, 5.74) is 1.60. The molecule has 0 aliphatic carbocycles. The molecular formula is C20H18N2O4S. The highest BCUT2D eigenvalue weighted by Crippen LogP contribution is 2.23. The molecule has 0 radical (unpaired) electrons. The maximum Gasteiger partial charge on any atom is 0.306 e. The van der Waals surface area contributed by atoms with Crippen molar-refractivity contribution in [2.75, 3.05) is 0 Å². The summed E-state index contributed by atoms with van der Waals surface area (Å²) in [6.07, 6.45) is 4.49. The highest BCUT2D eigenvalue weighted by atomic mass is 32.1. The Bertz CT molecular complexity index is 987. The number of hydrogen-bond donors (Lipinski definition) is 0. The molecule has 0 atom stereocenters. The van der Waals surface area contributed by atoms with Gasteiger partial charge in [0.25, 0.3) is 0 Å². The summed E-state index contributed by atoms with van der Waals surface area (Å²) in [6, 6.07) is 13.4. The number of carbonyl (C=O) groups excluding carboxylic acids is 1. The van der Waals surface area contributed by atoms with E-state index in [0.717, 1.165) is 29.8 Å². The molecule has 0 saturated heterocycles. The molecule has 0 aliphatic heterocycles. The van der Waals surface area contributed by atoms with Gasteiger partial charge < -0.3 is 13.7 Å². The van der Waals surface area contributed by atoms with Crippen LogP contribution in [0.1, 0.15) is 30.0 Å². The van der Waals surface area contributed by atoms with E-state index in [-0.39, 0.29) is 12.6 Å². The molecule has 0 saturated carbocycles. The summed E-state index contributed by atoms with van der Waals surface area (Å²) >= 11 is 1.71. The number of benzene rings is 1.